The molecule has 1 aliphatic carbocycles. The van der Waals surface area contributed by atoms with Crippen molar-refractivity contribution in [3.63, 3.8) is 0 Å². The van der Waals surface area contributed by atoms with Crippen LogP contribution < -0.4 is 28.7 Å². The molecule has 12 nitrogen and oxygen atoms in total. The average Bonchev–Trinajstić information content (AvgIpc) is 2.59. The second-order valence-corrected chi connectivity index (χ2v) is 19.5. The van der Waals surface area contributed by atoms with Crippen molar-refractivity contribution in [2.24, 2.45) is 0 Å². The highest BCUT2D eigenvalue weighted by atomic mass is 16.7. The van der Waals surface area contributed by atoms with E-state index in [0.29, 0.717) is 35.8 Å². The van der Waals surface area contributed by atoms with Crippen LogP contribution in [-0.2, 0) is 34.3 Å². The van der Waals surface area contributed by atoms with Gasteiger partial charge >= 0.3 is 11.9 Å². The minimum absolute atomic E-state index is 0.0711. The zero-order valence-electron chi connectivity index (χ0n) is 46.5. The van der Waals surface area contributed by atoms with Crippen LogP contribution in [0.1, 0.15) is 24.0 Å². The Labute approximate surface area is 494 Å². The lowest BCUT2D eigenvalue weighted by Crippen LogP contribution is -2.34. The number of hydrogen-bond acceptors (Lipinski definition) is 12. The van der Waals surface area contributed by atoms with Gasteiger partial charge in [-0.1, -0.05) is 98.1 Å². The van der Waals surface area contributed by atoms with Gasteiger partial charge in [0.05, 0.1) is 26.4 Å². The second-order valence-electron chi connectivity index (χ2n) is 19.5. The molecule has 0 aliphatic heterocycles. The zero-order chi connectivity index (χ0) is 58.2. The normalized spacial score (nSPS) is 11.7. The molecule has 85 heavy (non-hydrogen) atoms. The number of anilines is 6. The van der Waals surface area contributed by atoms with Crippen molar-refractivity contribution >= 4 is 46.1 Å². The Morgan fingerprint density at radius 1 is 0.329 bits per heavy atom. The second kappa shape index (κ2) is 26.9. The molecule has 0 amide bonds. The van der Waals surface area contributed by atoms with Crippen molar-refractivity contribution in [2.75, 3.05) is 36.2 Å². The molecule has 0 unspecified atom stereocenters. The minimum atomic E-state index is -1.58. The molecule has 0 spiro atoms. The van der Waals surface area contributed by atoms with Gasteiger partial charge in [0.25, 0.3) is 0 Å². The molecular formula is C73H60N2O10. The smallest absolute Gasteiger partial charge is 0.330 e. The number of para-hydroxylation sites is 4. The molecule has 1 aliphatic rings. The Kier molecular flexibility index (Phi) is 17.8. The zero-order valence-corrected chi connectivity index (χ0v) is 46.5. The van der Waals surface area contributed by atoms with Crippen LogP contribution >= 0.6 is 0 Å². The van der Waals surface area contributed by atoms with Crippen LogP contribution in [0.3, 0.4) is 0 Å². The number of rotatable bonds is 26. The summed E-state index contributed by atoms with van der Waals surface area (Å²) in [6.45, 7) is 7.49. The van der Waals surface area contributed by atoms with Crippen molar-refractivity contribution in [2.45, 2.75) is 18.6 Å². The molecule has 10 aromatic carbocycles. The van der Waals surface area contributed by atoms with Crippen LogP contribution in [-0.4, -0.2) is 38.4 Å². The first-order chi connectivity index (χ1) is 41.8. The highest BCUT2D eigenvalue weighted by molar-refractivity contribution is 5.88. The third kappa shape index (κ3) is 13.7. The molecule has 0 atom stereocenters. The maximum Gasteiger partial charge on any atom is 0.330 e. The summed E-state index contributed by atoms with van der Waals surface area (Å²) in [6.07, 6.45) is 2.92. The summed E-state index contributed by atoms with van der Waals surface area (Å²) < 4.78 is 50.4. The fourth-order valence-corrected chi connectivity index (χ4v) is 9.91. The van der Waals surface area contributed by atoms with Crippen molar-refractivity contribution < 1.29 is 47.5 Å². The summed E-state index contributed by atoms with van der Waals surface area (Å²) in [5.41, 5.74) is 8.11. The predicted octanol–water partition coefficient (Wildman–Crippen LogP) is 18.2. The lowest BCUT2D eigenvalue weighted by Gasteiger charge is -2.34. The lowest BCUT2D eigenvalue weighted by molar-refractivity contribution is -0.218. The molecule has 0 radical (unpaired) electrons. The lowest BCUT2D eigenvalue weighted by atomic mass is 10.0. The SMILES string of the molecule is C=CC(=O)OCCCOC1(OCCCOC(=O)C=C)c2cc(N(c3ccc(Oc4ccccc4)cc3)c3ccc(Oc4ccccc4)cc3)ccc2-c2ccc(N(c3ccc(Oc4ccccc4)cc3)c3ccc(Oc4ccccc4)cc3)cc21. The fraction of sp³-hybridized carbons (Fsp3) is 0.0959. The van der Waals surface area contributed by atoms with Gasteiger partial charge in [0.1, 0.15) is 46.0 Å². The quantitative estimate of drug-likeness (QED) is 0.0223. The number of carbonyl (C=O) groups excluding carboxylic acids is 2. The van der Waals surface area contributed by atoms with Gasteiger partial charge in [-0.25, -0.2) is 9.59 Å². The molecule has 12 heteroatoms. The van der Waals surface area contributed by atoms with Gasteiger partial charge in [0.15, 0.2) is 0 Å². The van der Waals surface area contributed by atoms with Gasteiger partial charge in [-0.2, -0.15) is 0 Å². The third-order valence-electron chi connectivity index (χ3n) is 13.8. The van der Waals surface area contributed by atoms with E-state index >= 15 is 0 Å². The molecule has 0 saturated heterocycles. The van der Waals surface area contributed by atoms with Crippen molar-refractivity contribution in [3.8, 4) is 57.1 Å². The van der Waals surface area contributed by atoms with Crippen molar-refractivity contribution in [1.29, 1.82) is 0 Å². The van der Waals surface area contributed by atoms with E-state index in [0.717, 1.165) is 91.5 Å². The molecule has 422 valence electrons. The Morgan fingerprint density at radius 2 is 0.588 bits per heavy atom. The third-order valence-corrected chi connectivity index (χ3v) is 13.8. The highest BCUT2D eigenvalue weighted by Crippen LogP contribution is 2.54. The maximum absolute atomic E-state index is 12.3. The largest absolute Gasteiger partial charge is 0.462 e. The van der Waals surface area contributed by atoms with E-state index < -0.39 is 17.7 Å². The number of fused-ring (bicyclic) bond motifs is 3. The van der Waals surface area contributed by atoms with E-state index in [-0.39, 0.29) is 26.4 Å². The van der Waals surface area contributed by atoms with Crippen LogP contribution in [0.2, 0.25) is 0 Å². The number of benzene rings is 10. The van der Waals surface area contributed by atoms with Crippen molar-refractivity contribution in [1.82, 2.24) is 0 Å². The predicted molar refractivity (Wildman–Crippen MR) is 332 cm³/mol. The molecule has 0 fully saturated rings. The minimum Gasteiger partial charge on any atom is -0.462 e. The van der Waals surface area contributed by atoms with Crippen molar-refractivity contribution in [3.05, 3.63) is 291 Å². The van der Waals surface area contributed by atoms with Gasteiger partial charge in [-0.05, 0) is 181 Å². The topological polar surface area (TPSA) is 114 Å². The first-order valence-corrected chi connectivity index (χ1v) is 27.9. The standard InChI is InChI=1S/C73H60N2O10/c1-3-71(76)78-47-17-49-80-73(81-50-18-48-79-72(77)4-2)69-51-57(74(53-27-37-63(38-28-53)82-59-19-9-5-10-20-59)54-29-39-64(40-30-54)83-60-21-11-6-12-22-60)35-45-67(69)68-46-36-58(52-70(68)73)75(55-31-41-65(42-32-55)84-61-23-13-7-14-24-61)56-33-43-66(44-34-56)85-62-25-15-8-16-26-62/h3-16,19-46,51-52H,1-2,17-18,47-50H2. The molecule has 10 aromatic rings. The molecule has 0 aromatic heterocycles. The van der Waals surface area contributed by atoms with E-state index in [1.807, 2.05) is 218 Å². The van der Waals surface area contributed by atoms with Crippen LogP contribution in [0.25, 0.3) is 11.1 Å². The van der Waals surface area contributed by atoms with Gasteiger partial charge in [0.2, 0.25) is 5.79 Å². The number of carbonyl (C=O) groups is 2. The van der Waals surface area contributed by atoms with E-state index in [2.05, 4.69) is 59.4 Å². The van der Waals surface area contributed by atoms with Crippen LogP contribution in [0, 0.1) is 0 Å². The molecule has 0 N–H and O–H groups in total. The van der Waals surface area contributed by atoms with Gasteiger partial charge in [-0.15, -0.1) is 0 Å². The summed E-state index contributed by atoms with van der Waals surface area (Å²) in [4.78, 5) is 28.9. The average molecular weight is 1130 g/mol. The Hall–Kier alpha value is -10.7. The van der Waals surface area contributed by atoms with E-state index in [1.165, 1.54) is 0 Å². The molecule has 11 rings (SSSR count). The van der Waals surface area contributed by atoms with E-state index in [1.54, 1.807) is 0 Å². The molecule has 0 saturated carbocycles. The Morgan fingerprint density at radius 3 is 0.859 bits per heavy atom. The maximum atomic E-state index is 12.3. The monoisotopic (exact) mass is 1120 g/mol. The number of esters is 2. The van der Waals surface area contributed by atoms with Crippen LogP contribution in [0.15, 0.2) is 280 Å². The number of hydrogen-bond donors (Lipinski definition) is 0. The summed E-state index contributed by atoms with van der Waals surface area (Å²) in [6, 6.07) is 82.9. The first-order valence-electron chi connectivity index (χ1n) is 27.9. The van der Waals surface area contributed by atoms with Crippen LogP contribution in [0.4, 0.5) is 34.1 Å². The summed E-state index contributed by atoms with van der Waals surface area (Å²) in [5.74, 6) is 2.90. The van der Waals surface area contributed by atoms with Gasteiger partial charge < -0.3 is 47.7 Å². The van der Waals surface area contributed by atoms with Gasteiger partial charge in [-0.3, -0.25) is 0 Å². The van der Waals surface area contributed by atoms with Crippen LogP contribution in [0.5, 0.6) is 46.0 Å². The highest BCUT2D eigenvalue weighted by Gasteiger charge is 2.47. The number of ether oxygens (including phenoxy) is 8. The number of nitrogens with zero attached hydrogens (tertiary/aromatic N) is 2. The molecular weight excluding hydrogens is 1060 g/mol. The summed E-state index contributed by atoms with van der Waals surface area (Å²) >= 11 is 0. The summed E-state index contributed by atoms with van der Waals surface area (Å²) in [5, 5.41) is 0. The fourth-order valence-electron chi connectivity index (χ4n) is 9.91. The first kappa shape index (κ1) is 56.2. The summed E-state index contributed by atoms with van der Waals surface area (Å²) in [7, 11) is 0. The Balaban J connectivity index is 1.03. The molecule has 0 heterocycles. The van der Waals surface area contributed by atoms with E-state index in [9.17, 15) is 9.59 Å². The molecule has 0 bridgehead atoms. The van der Waals surface area contributed by atoms with Gasteiger partial charge in [0, 0.05) is 70.2 Å². The Bertz CT molecular complexity index is 3420. The van der Waals surface area contributed by atoms with E-state index in [4.69, 9.17) is 37.9 Å².